The van der Waals surface area contributed by atoms with Crippen molar-refractivity contribution in [3.05, 3.63) is 59.9 Å². The molecule has 0 bridgehead atoms. The number of phenols is 1. The molecule has 2 aromatic carbocycles. The van der Waals surface area contributed by atoms with Crippen molar-refractivity contribution in [3.63, 3.8) is 0 Å². The second-order valence-electron chi connectivity index (χ2n) is 5.74. The molecule has 0 saturated carbocycles. The Balaban J connectivity index is 0.00000280. The summed E-state index contributed by atoms with van der Waals surface area (Å²) < 4.78 is 13.0. The van der Waals surface area contributed by atoms with E-state index >= 15 is 0 Å². The zero-order valence-electron chi connectivity index (χ0n) is 15.2. The monoisotopic (exact) mass is 403 g/mol. The van der Waals surface area contributed by atoms with Crippen LogP contribution >= 0.6 is 12.4 Å². The third-order valence-corrected chi connectivity index (χ3v) is 3.43. The molecule has 0 atom stereocenters. The minimum absolute atomic E-state index is 0. The van der Waals surface area contributed by atoms with Crippen molar-refractivity contribution in [2.45, 2.75) is 0 Å². The minimum atomic E-state index is -0.328. The van der Waals surface area contributed by atoms with Crippen LogP contribution in [0.15, 0.2) is 53.6 Å². The van der Waals surface area contributed by atoms with Gasteiger partial charge in [-0.1, -0.05) is 12.1 Å². The highest BCUT2D eigenvalue weighted by Crippen LogP contribution is 2.17. The molecule has 0 radical (unpaired) electrons. The van der Waals surface area contributed by atoms with Crippen molar-refractivity contribution in [2.24, 2.45) is 5.10 Å². The van der Waals surface area contributed by atoms with Gasteiger partial charge in [0.2, 0.25) is 17.8 Å². The fourth-order valence-corrected chi connectivity index (χ4v) is 2.09. The lowest BCUT2D eigenvalue weighted by Gasteiger charge is -2.13. The van der Waals surface area contributed by atoms with Gasteiger partial charge in [-0.05, 0) is 36.4 Å². The molecule has 0 unspecified atom stereocenters. The van der Waals surface area contributed by atoms with Gasteiger partial charge in [0, 0.05) is 25.3 Å². The number of hydrazone groups is 1. The Labute approximate surface area is 167 Å². The summed E-state index contributed by atoms with van der Waals surface area (Å²) in [6.07, 6.45) is 1.46. The summed E-state index contributed by atoms with van der Waals surface area (Å²) in [5, 5.41) is 16.8. The summed E-state index contributed by atoms with van der Waals surface area (Å²) in [7, 11) is 3.60. The van der Waals surface area contributed by atoms with E-state index in [1.807, 2.05) is 0 Å². The average Bonchev–Trinajstić information content (AvgIpc) is 2.65. The average molecular weight is 404 g/mol. The van der Waals surface area contributed by atoms with Crippen LogP contribution in [0.25, 0.3) is 0 Å². The van der Waals surface area contributed by atoms with Crippen LogP contribution in [0.5, 0.6) is 5.75 Å². The lowest BCUT2D eigenvalue weighted by atomic mass is 10.2. The molecule has 28 heavy (non-hydrogen) atoms. The number of halogens is 2. The van der Waals surface area contributed by atoms with Crippen molar-refractivity contribution in [2.75, 3.05) is 29.7 Å². The van der Waals surface area contributed by atoms with Crippen LogP contribution in [-0.4, -0.2) is 40.4 Å². The number of phenolic OH excluding ortho intramolecular Hbond substituents is 1. The summed E-state index contributed by atoms with van der Waals surface area (Å²) >= 11 is 0. The van der Waals surface area contributed by atoms with E-state index in [4.69, 9.17) is 0 Å². The van der Waals surface area contributed by atoms with E-state index < -0.39 is 0 Å². The SMILES string of the molecule is CN(C)c1nc(N/N=C/c2ccccc2O)nc(Nc2ccc(F)cc2)n1.Cl. The van der Waals surface area contributed by atoms with Crippen LogP contribution < -0.4 is 15.6 Å². The summed E-state index contributed by atoms with van der Waals surface area (Å²) in [5.74, 6) is 0.692. The molecule has 1 heterocycles. The first kappa shape index (κ1) is 20.8. The molecule has 1 aromatic heterocycles. The van der Waals surface area contributed by atoms with Gasteiger partial charge in [0.05, 0.1) is 6.21 Å². The molecule has 0 saturated heterocycles. The first-order chi connectivity index (χ1) is 13.0. The van der Waals surface area contributed by atoms with Gasteiger partial charge in [-0.3, -0.25) is 0 Å². The molecular formula is C18H19ClFN7O. The van der Waals surface area contributed by atoms with Crippen molar-refractivity contribution in [3.8, 4) is 5.75 Å². The predicted octanol–water partition coefficient (Wildman–Crippen LogP) is 3.39. The summed E-state index contributed by atoms with van der Waals surface area (Å²) in [5.41, 5.74) is 3.91. The highest BCUT2D eigenvalue weighted by Gasteiger charge is 2.08. The first-order valence-electron chi connectivity index (χ1n) is 8.04. The van der Waals surface area contributed by atoms with Crippen LogP contribution in [0.2, 0.25) is 0 Å². The Bertz CT molecular complexity index is 951. The summed E-state index contributed by atoms with van der Waals surface area (Å²) in [4.78, 5) is 14.5. The van der Waals surface area contributed by atoms with E-state index in [0.29, 0.717) is 17.2 Å². The smallest absolute Gasteiger partial charge is 0.250 e. The van der Waals surface area contributed by atoms with Gasteiger partial charge in [0.15, 0.2) is 0 Å². The maximum Gasteiger partial charge on any atom is 0.250 e. The summed E-state index contributed by atoms with van der Waals surface area (Å²) in [6.45, 7) is 0. The van der Waals surface area contributed by atoms with Crippen molar-refractivity contribution in [1.29, 1.82) is 0 Å². The van der Waals surface area contributed by atoms with Crippen LogP contribution in [-0.2, 0) is 0 Å². The quantitative estimate of drug-likeness (QED) is 0.428. The second-order valence-corrected chi connectivity index (χ2v) is 5.74. The largest absolute Gasteiger partial charge is 0.507 e. The number of nitrogens with one attached hydrogen (secondary N) is 2. The lowest BCUT2D eigenvalue weighted by Crippen LogP contribution is -2.15. The van der Waals surface area contributed by atoms with Gasteiger partial charge in [0.25, 0.3) is 0 Å². The molecular weight excluding hydrogens is 385 g/mol. The van der Waals surface area contributed by atoms with E-state index in [-0.39, 0.29) is 35.9 Å². The van der Waals surface area contributed by atoms with Crippen LogP contribution in [0, 0.1) is 5.82 Å². The van der Waals surface area contributed by atoms with Gasteiger partial charge < -0.3 is 15.3 Å². The van der Waals surface area contributed by atoms with Crippen molar-refractivity contribution in [1.82, 2.24) is 15.0 Å². The Morgan fingerprint density at radius 3 is 2.36 bits per heavy atom. The molecule has 3 rings (SSSR count). The van der Waals surface area contributed by atoms with E-state index in [1.54, 1.807) is 55.4 Å². The van der Waals surface area contributed by atoms with Gasteiger partial charge >= 0.3 is 0 Å². The number of rotatable bonds is 6. The Kier molecular flexibility index (Phi) is 7.05. The first-order valence-corrected chi connectivity index (χ1v) is 8.04. The molecule has 0 aliphatic rings. The Morgan fingerprint density at radius 2 is 1.68 bits per heavy atom. The molecule has 0 spiro atoms. The van der Waals surface area contributed by atoms with Gasteiger partial charge in [0.1, 0.15) is 11.6 Å². The second kappa shape index (κ2) is 9.47. The van der Waals surface area contributed by atoms with E-state index in [2.05, 4.69) is 30.8 Å². The molecule has 3 aromatic rings. The number of nitrogens with zero attached hydrogens (tertiary/aromatic N) is 5. The van der Waals surface area contributed by atoms with Gasteiger partial charge in [-0.15, -0.1) is 12.4 Å². The fraction of sp³-hybridized carbons (Fsp3) is 0.111. The topological polar surface area (TPSA) is 98.6 Å². The molecule has 8 nitrogen and oxygen atoms in total. The van der Waals surface area contributed by atoms with E-state index in [9.17, 15) is 9.50 Å². The predicted molar refractivity (Wildman–Crippen MR) is 110 cm³/mol. The highest BCUT2D eigenvalue weighted by atomic mass is 35.5. The van der Waals surface area contributed by atoms with Crippen molar-refractivity contribution < 1.29 is 9.50 Å². The summed E-state index contributed by atoms with van der Waals surface area (Å²) in [6, 6.07) is 12.6. The van der Waals surface area contributed by atoms with E-state index in [1.165, 1.54) is 18.3 Å². The maximum absolute atomic E-state index is 13.0. The third kappa shape index (κ3) is 5.52. The number of benzene rings is 2. The molecule has 146 valence electrons. The highest BCUT2D eigenvalue weighted by molar-refractivity contribution is 5.85. The lowest BCUT2D eigenvalue weighted by molar-refractivity contribution is 0.474. The molecule has 0 fully saturated rings. The zero-order valence-corrected chi connectivity index (χ0v) is 16.0. The standard InChI is InChI=1S/C18H18FN7O.ClH/c1-26(2)18-23-16(21-14-9-7-13(19)8-10-14)22-17(24-18)25-20-11-12-5-3-4-6-15(12)27;/h3-11,27H,1-2H3,(H2,21,22,23,24,25);1H/b20-11+;. The third-order valence-electron chi connectivity index (χ3n) is 3.43. The number of hydrogen-bond acceptors (Lipinski definition) is 8. The molecule has 10 heteroatoms. The molecule has 0 aliphatic heterocycles. The van der Waals surface area contributed by atoms with Crippen LogP contribution in [0.4, 0.5) is 27.9 Å². The zero-order chi connectivity index (χ0) is 19.2. The van der Waals surface area contributed by atoms with E-state index in [0.717, 1.165) is 0 Å². The Hall–Kier alpha value is -3.46. The number of anilines is 4. The Morgan fingerprint density at radius 1 is 1.00 bits per heavy atom. The number of aromatic nitrogens is 3. The number of aromatic hydroxyl groups is 1. The molecule has 0 amide bonds. The number of para-hydroxylation sites is 1. The minimum Gasteiger partial charge on any atom is -0.507 e. The molecule has 3 N–H and O–H groups in total. The van der Waals surface area contributed by atoms with Gasteiger partial charge in [-0.25, -0.2) is 9.82 Å². The molecule has 0 aliphatic carbocycles. The normalized spacial score (nSPS) is 10.4. The van der Waals surface area contributed by atoms with Crippen LogP contribution in [0.3, 0.4) is 0 Å². The van der Waals surface area contributed by atoms with Crippen molar-refractivity contribution >= 4 is 42.2 Å². The number of hydrogen-bond donors (Lipinski definition) is 3. The van der Waals surface area contributed by atoms with Gasteiger partial charge in [-0.2, -0.15) is 20.1 Å². The fourth-order valence-electron chi connectivity index (χ4n) is 2.09. The van der Waals surface area contributed by atoms with Crippen LogP contribution in [0.1, 0.15) is 5.56 Å². The maximum atomic E-state index is 13.0.